The Morgan fingerprint density at radius 1 is 1.38 bits per heavy atom. The van der Waals surface area contributed by atoms with Crippen molar-refractivity contribution in [3.63, 3.8) is 0 Å². The molecule has 2 saturated heterocycles. The van der Waals surface area contributed by atoms with Gasteiger partial charge >= 0.3 is 0 Å². The highest BCUT2D eigenvalue weighted by molar-refractivity contribution is 4.98. The van der Waals surface area contributed by atoms with E-state index in [-0.39, 0.29) is 0 Å². The Morgan fingerprint density at radius 3 is 2.50 bits per heavy atom. The molecule has 1 spiro atoms. The first kappa shape index (κ1) is 4.77. The normalized spacial score (nSPS) is 45.0. The van der Waals surface area contributed by atoms with E-state index in [1.54, 1.807) is 0 Å². The van der Waals surface area contributed by atoms with E-state index >= 15 is 0 Å². The zero-order chi connectivity index (χ0) is 5.45. The Morgan fingerprint density at radius 2 is 2.25 bits per heavy atom. The van der Waals surface area contributed by atoms with Gasteiger partial charge in [0, 0.05) is 12.1 Å². The van der Waals surface area contributed by atoms with E-state index in [9.17, 15) is 0 Å². The number of rotatable bonds is 0. The standard InChI is InChI=1S/C6H11NO/c1-3-7-6(1)2-4-8-5-6/h7H,1-5H2/t6-/m1/s1. The monoisotopic (exact) mass is 113 g/mol. The van der Waals surface area contributed by atoms with Crippen molar-refractivity contribution < 1.29 is 4.74 Å². The highest BCUT2D eigenvalue weighted by Gasteiger charge is 2.39. The first-order chi connectivity index (χ1) is 3.91. The van der Waals surface area contributed by atoms with Gasteiger partial charge in [0.15, 0.2) is 0 Å². The Balaban J connectivity index is 2.01. The zero-order valence-corrected chi connectivity index (χ0v) is 4.94. The molecule has 2 rings (SSSR count). The van der Waals surface area contributed by atoms with Crippen molar-refractivity contribution in [2.24, 2.45) is 0 Å². The highest BCUT2D eigenvalue weighted by Crippen LogP contribution is 2.27. The lowest BCUT2D eigenvalue weighted by Crippen LogP contribution is -2.57. The molecule has 0 amide bonds. The highest BCUT2D eigenvalue weighted by atomic mass is 16.5. The molecule has 0 saturated carbocycles. The fraction of sp³-hybridized carbons (Fsp3) is 1.00. The first-order valence-corrected chi connectivity index (χ1v) is 3.24. The fourth-order valence-electron chi connectivity index (χ4n) is 1.42. The molecule has 0 aliphatic carbocycles. The molecule has 0 unspecified atom stereocenters. The molecule has 0 aromatic heterocycles. The Bertz CT molecular complexity index is 90.7. The lowest BCUT2D eigenvalue weighted by molar-refractivity contribution is 0.134. The Labute approximate surface area is 49.2 Å². The lowest BCUT2D eigenvalue weighted by atomic mass is 9.88. The van der Waals surface area contributed by atoms with Gasteiger partial charge in [0.1, 0.15) is 0 Å². The summed E-state index contributed by atoms with van der Waals surface area (Å²) < 4.78 is 5.24. The van der Waals surface area contributed by atoms with Gasteiger partial charge in [-0.1, -0.05) is 0 Å². The van der Waals surface area contributed by atoms with Crippen molar-refractivity contribution in [2.75, 3.05) is 19.8 Å². The molecule has 46 valence electrons. The molecule has 0 aromatic rings. The van der Waals surface area contributed by atoms with Gasteiger partial charge in [0.25, 0.3) is 0 Å². The summed E-state index contributed by atoms with van der Waals surface area (Å²) in [5.74, 6) is 0. The third kappa shape index (κ3) is 0.501. The third-order valence-corrected chi connectivity index (χ3v) is 2.21. The van der Waals surface area contributed by atoms with Crippen LogP contribution in [0.2, 0.25) is 0 Å². The second-order valence-corrected chi connectivity index (χ2v) is 2.76. The molecule has 0 aromatic carbocycles. The summed E-state index contributed by atoms with van der Waals surface area (Å²) in [6.45, 7) is 3.11. The minimum atomic E-state index is 0.444. The Hall–Kier alpha value is -0.0800. The van der Waals surface area contributed by atoms with Gasteiger partial charge in [-0.25, -0.2) is 0 Å². The van der Waals surface area contributed by atoms with Gasteiger partial charge in [-0.2, -0.15) is 0 Å². The van der Waals surface area contributed by atoms with Crippen LogP contribution in [-0.4, -0.2) is 25.3 Å². The van der Waals surface area contributed by atoms with Crippen molar-refractivity contribution >= 4 is 0 Å². The molecule has 2 nitrogen and oxygen atoms in total. The maximum absolute atomic E-state index is 5.24. The van der Waals surface area contributed by atoms with Crippen molar-refractivity contribution in [1.82, 2.24) is 5.32 Å². The summed E-state index contributed by atoms with van der Waals surface area (Å²) in [7, 11) is 0. The first-order valence-electron chi connectivity index (χ1n) is 3.24. The van der Waals surface area contributed by atoms with Crippen LogP contribution in [0.5, 0.6) is 0 Å². The zero-order valence-electron chi connectivity index (χ0n) is 4.94. The van der Waals surface area contributed by atoms with Gasteiger partial charge in [-0.15, -0.1) is 0 Å². The van der Waals surface area contributed by atoms with Gasteiger partial charge in [0.05, 0.1) is 6.61 Å². The summed E-state index contributed by atoms with van der Waals surface area (Å²) in [4.78, 5) is 0. The Kier molecular flexibility index (Phi) is 0.866. The molecule has 0 bridgehead atoms. The molecule has 1 atom stereocenters. The largest absolute Gasteiger partial charge is 0.379 e. The molecule has 0 radical (unpaired) electrons. The van der Waals surface area contributed by atoms with Crippen molar-refractivity contribution in [3.8, 4) is 0 Å². The maximum atomic E-state index is 5.24. The van der Waals surface area contributed by atoms with Crippen LogP contribution in [0.3, 0.4) is 0 Å². The van der Waals surface area contributed by atoms with Crippen molar-refractivity contribution in [3.05, 3.63) is 0 Å². The average molecular weight is 113 g/mol. The summed E-state index contributed by atoms with van der Waals surface area (Å²) in [5, 5.41) is 3.40. The maximum Gasteiger partial charge on any atom is 0.0649 e. The molecular weight excluding hydrogens is 102 g/mol. The van der Waals surface area contributed by atoms with Crippen LogP contribution in [0.25, 0.3) is 0 Å². The van der Waals surface area contributed by atoms with E-state index in [1.807, 2.05) is 0 Å². The van der Waals surface area contributed by atoms with E-state index in [1.165, 1.54) is 19.4 Å². The molecule has 1 N–H and O–H groups in total. The van der Waals surface area contributed by atoms with Crippen LogP contribution in [0.4, 0.5) is 0 Å². The summed E-state index contributed by atoms with van der Waals surface area (Å²) >= 11 is 0. The molecule has 2 heteroatoms. The topological polar surface area (TPSA) is 21.3 Å². The van der Waals surface area contributed by atoms with Crippen LogP contribution >= 0.6 is 0 Å². The van der Waals surface area contributed by atoms with Crippen LogP contribution in [-0.2, 0) is 4.74 Å². The average Bonchev–Trinajstić information content (AvgIpc) is 2.07. The lowest BCUT2D eigenvalue weighted by Gasteiger charge is -2.38. The predicted molar refractivity (Wildman–Crippen MR) is 30.8 cm³/mol. The van der Waals surface area contributed by atoms with Gasteiger partial charge in [-0.05, 0) is 19.4 Å². The van der Waals surface area contributed by atoms with Crippen molar-refractivity contribution in [2.45, 2.75) is 18.4 Å². The van der Waals surface area contributed by atoms with Gasteiger partial charge in [-0.3, -0.25) is 0 Å². The summed E-state index contributed by atoms with van der Waals surface area (Å²) in [5.41, 5.74) is 0.444. The molecule has 2 aliphatic rings. The van der Waals surface area contributed by atoms with E-state index in [4.69, 9.17) is 4.74 Å². The molecule has 2 aliphatic heterocycles. The number of ether oxygens (including phenoxy) is 1. The minimum absolute atomic E-state index is 0.444. The van der Waals surface area contributed by atoms with Crippen LogP contribution in [0, 0.1) is 0 Å². The number of hydrogen-bond donors (Lipinski definition) is 1. The molecule has 8 heavy (non-hydrogen) atoms. The van der Waals surface area contributed by atoms with Gasteiger partial charge < -0.3 is 10.1 Å². The third-order valence-electron chi connectivity index (χ3n) is 2.21. The fourth-order valence-corrected chi connectivity index (χ4v) is 1.42. The van der Waals surface area contributed by atoms with E-state index < -0.39 is 0 Å². The second-order valence-electron chi connectivity index (χ2n) is 2.76. The van der Waals surface area contributed by atoms with E-state index in [0.29, 0.717) is 5.54 Å². The SMILES string of the molecule is C1C[C@]2(CCOC2)N1. The van der Waals surface area contributed by atoms with Crippen molar-refractivity contribution in [1.29, 1.82) is 0 Å². The second kappa shape index (κ2) is 1.45. The quantitative estimate of drug-likeness (QED) is 0.482. The number of hydrogen-bond acceptors (Lipinski definition) is 2. The molecule has 2 fully saturated rings. The van der Waals surface area contributed by atoms with E-state index in [0.717, 1.165) is 13.2 Å². The minimum Gasteiger partial charge on any atom is -0.379 e. The predicted octanol–water partition coefficient (Wildman–Crippen LogP) is 0.139. The number of nitrogens with one attached hydrogen (secondary N) is 1. The van der Waals surface area contributed by atoms with Crippen LogP contribution in [0.15, 0.2) is 0 Å². The van der Waals surface area contributed by atoms with Crippen LogP contribution in [0.1, 0.15) is 12.8 Å². The molecular formula is C6H11NO. The summed E-state index contributed by atoms with van der Waals surface area (Å²) in [6, 6.07) is 0. The van der Waals surface area contributed by atoms with E-state index in [2.05, 4.69) is 5.32 Å². The van der Waals surface area contributed by atoms with Gasteiger partial charge in [0.2, 0.25) is 0 Å². The molecule has 2 heterocycles. The van der Waals surface area contributed by atoms with Crippen LogP contribution < -0.4 is 5.32 Å². The smallest absolute Gasteiger partial charge is 0.0649 e. The summed E-state index contributed by atoms with van der Waals surface area (Å²) in [6.07, 6.45) is 2.56.